The molecule has 10 heavy (non-hydrogen) atoms. The molecule has 0 aliphatic carbocycles. The zero-order valence-corrected chi connectivity index (χ0v) is 7.78. The van der Waals surface area contributed by atoms with Gasteiger partial charge in [0.1, 0.15) is 0 Å². The molecule has 1 N–H and O–H groups in total. The average molecular weight is 143 g/mol. The Morgan fingerprint density at radius 2 is 1.80 bits per heavy atom. The molecule has 1 nitrogen and oxygen atoms in total. The third-order valence-electron chi connectivity index (χ3n) is 2.44. The number of hydrogen-bond acceptors (Lipinski definition) is 1. The van der Waals surface area contributed by atoms with Crippen molar-refractivity contribution in [2.75, 3.05) is 13.6 Å². The van der Waals surface area contributed by atoms with Crippen molar-refractivity contribution in [1.82, 2.24) is 5.32 Å². The van der Waals surface area contributed by atoms with Gasteiger partial charge < -0.3 is 5.32 Å². The van der Waals surface area contributed by atoms with Crippen molar-refractivity contribution in [3.63, 3.8) is 0 Å². The van der Waals surface area contributed by atoms with Gasteiger partial charge >= 0.3 is 0 Å². The van der Waals surface area contributed by atoms with E-state index in [1.807, 2.05) is 7.05 Å². The van der Waals surface area contributed by atoms with Crippen molar-refractivity contribution in [2.24, 2.45) is 11.8 Å². The maximum absolute atomic E-state index is 3.23. The normalized spacial score (nSPS) is 16.8. The third-order valence-corrected chi connectivity index (χ3v) is 2.44. The summed E-state index contributed by atoms with van der Waals surface area (Å²) in [6, 6.07) is 0. The first-order valence-electron chi connectivity index (χ1n) is 4.40. The Hall–Kier alpha value is -0.0400. The van der Waals surface area contributed by atoms with E-state index in [0.29, 0.717) is 0 Å². The summed E-state index contributed by atoms with van der Waals surface area (Å²) in [5.41, 5.74) is 0. The molecule has 0 aliphatic rings. The molecule has 0 spiro atoms. The first kappa shape index (κ1) is 9.96. The highest BCUT2D eigenvalue weighted by molar-refractivity contribution is 4.64. The smallest absolute Gasteiger partial charge is 0.00211 e. The van der Waals surface area contributed by atoms with Gasteiger partial charge in [0.2, 0.25) is 0 Å². The SMILES string of the molecule is CC[C@H](CNC)[C@@H](C)CC. The standard InChI is InChI=1S/C9H21N/c1-5-8(3)9(6-2)7-10-4/h8-10H,5-7H2,1-4H3/t8-,9+/m0/s1. The van der Waals surface area contributed by atoms with Gasteiger partial charge in [-0.05, 0) is 25.4 Å². The molecule has 0 bridgehead atoms. The van der Waals surface area contributed by atoms with Gasteiger partial charge in [0.15, 0.2) is 0 Å². The summed E-state index contributed by atoms with van der Waals surface area (Å²) in [7, 11) is 2.03. The van der Waals surface area contributed by atoms with Gasteiger partial charge in [-0.15, -0.1) is 0 Å². The highest BCUT2D eigenvalue weighted by Crippen LogP contribution is 2.17. The van der Waals surface area contributed by atoms with Crippen LogP contribution < -0.4 is 5.32 Å². The first-order chi connectivity index (χ1) is 4.76. The predicted molar refractivity (Wildman–Crippen MR) is 47.2 cm³/mol. The first-order valence-corrected chi connectivity index (χ1v) is 4.40. The molecular formula is C9H21N. The predicted octanol–water partition coefficient (Wildman–Crippen LogP) is 2.28. The van der Waals surface area contributed by atoms with Crippen LogP contribution in [0.2, 0.25) is 0 Å². The lowest BCUT2D eigenvalue weighted by atomic mass is 9.90. The summed E-state index contributed by atoms with van der Waals surface area (Å²) in [6.45, 7) is 8.05. The van der Waals surface area contributed by atoms with Gasteiger partial charge in [0.25, 0.3) is 0 Å². The highest BCUT2D eigenvalue weighted by atomic mass is 14.8. The summed E-state index contributed by atoms with van der Waals surface area (Å²) < 4.78 is 0. The van der Waals surface area contributed by atoms with Crippen molar-refractivity contribution in [1.29, 1.82) is 0 Å². The fourth-order valence-electron chi connectivity index (χ4n) is 1.34. The Kier molecular flexibility index (Phi) is 5.70. The second-order valence-corrected chi connectivity index (χ2v) is 3.11. The quantitative estimate of drug-likeness (QED) is 0.622. The molecule has 0 rings (SSSR count). The number of nitrogens with one attached hydrogen (secondary N) is 1. The molecule has 2 atom stereocenters. The van der Waals surface area contributed by atoms with Crippen molar-refractivity contribution in [3.05, 3.63) is 0 Å². The van der Waals surface area contributed by atoms with Crippen LogP contribution in [0.5, 0.6) is 0 Å². The molecule has 0 heterocycles. The van der Waals surface area contributed by atoms with Crippen molar-refractivity contribution in [3.8, 4) is 0 Å². The Morgan fingerprint density at radius 1 is 1.20 bits per heavy atom. The second kappa shape index (κ2) is 5.72. The Morgan fingerprint density at radius 3 is 2.10 bits per heavy atom. The maximum atomic E-state index is 3.23. The van der Waals surface area contributed by atoms with E-state index in [9.17, 15) is 0 Å². The fourth-order valence-corrected chi connectivity index (χ4v) is 1.34. The maximum Gasteiger partial charge on any atom is -0.00211 e. The van der Waals surface area contributed by atoms with E-state index < -0.39 is 0 Å². The van der Waals surface area contributed by atoms with Gasteiger partial charge in [0.05, 0.1) is 0 Å². The molecule has 0 aromatic heterocycles. The van der Waals surface area contributed by atoms with E-state index in [1.165, 1.54) is 19.4 Å². The summed E-state index contributed by atoms with van der Waals surface area (Å²) in [5, 5.41) is 3.23. The molecular weight excluding hydrogens is 122 g/mol. The van der Waals surface area contributed by atoms with E-state index in [1.54, 1.807) is 0 Å². The van der Waals surface area contributed by atoms with E-state index >= 15 is 0 Å². The summed E-state index contributed by atoms with van der Waals surface area (Å²) in [5.74, 6) is 1.74. The minimum Gasteiger partial charge on any atom is -0.319 e. The van der Waals surface area contributed by atoms with Crippen LogP contribution in [0.25, 0.3) is 0 Å². The van der Waals surface area contributed by atoms with Gasteiger partial charge in [-0.1, -0.05) is 33.6 Å². The van der Waals surface area contributed by atoms with E-state index in [2.05, 4.69) is 26.1 Å². The van der Waals surface area contributed by atoms with E-state index in [4.69, 9.17) is 0 Å². The third kappa shape index (κ3) is 3.21. The van der Waals surface area contributed by atoms with Crippen LogP contribution in [0.3, 0.4) is 0 Å². The lowest BCUT2D eigenvalue weighted by molar-refractivity contribution is 0.330. The number of rotatable bonds is 5. The molecule has 0 saturated heterocycles. The molecule has 0 amide bonds. The summed E-state index contributed by atoms with van der Waals surface area (Å²) in [4.78, 5) is 0. The minimum absolute atomic E-state index is 0.870. The average Bonchev–Trinajstić information content (AvgIpc) is 1.99. The Labute approximate surface area is 65.2 Å². The van der Waals surface area contributed by atoms with E-state index in [-0.39, 0.29) is 0 Å². The van der Waals surface area contributed by atoms with Gasteiger partial charge in [-0.25, -0.2) is 0 Å². The van der Waals surface area contributed by atoms with Crippen LogP contribution in [0.1, 0.15) is 33.6 Å². The lowest BCUT2D eigenvalue weighted by Gasteiger charge is -2.20. The van der Waals surface area contributed by atoms with Crippen molar-refractivity contribution >= 4 is 0 Å². The largest absolute Gasteiger partial charge is 0.319 e. The molecule has 62 valence electrons. The molecule has 0 aromatic rings. The molecule has 0 aromatic carbocycles. The van der Waals surface area contributed by atoms with Crippen LogP contribution in [0, 0.1) is 11.8 Å². The van der Waals surface area contributed by atoms with Crippen molar-refractivity contribution in [2.45, 2.75) is 33.6 Å². The molecule has 0 saturated carbocycles. The van der Waals surface area contributed by atoms with Crippen LogP contribution in [-0.4, -0.2) is 13.6 Å². The fraction of sp³-hybridized carbons (Fsp3) is 1.00. The highest BCUT2D eigenvalue weighted by Gasteiger charge is 2.11. The second-order valence-electron chi connectivity index (χ2n) is 3.11. The van der Waals surface area contributed by atoms with E-state index in [0.717, 1.165) is 11.8 Å². The Bertz CT molecular complexity index is 71.1. The minimum atomic E-state index is 0.870. The summed E-state index contributed by atoms with van der Waals surface area (Å²) in [6.07, 6.45) is 2.61. The molecule has 0 fully saturated rings. The van der Waals surface area contributed by atoms with Crippen LogP contribution >= 0.6 is 0 Å². The zero-order chi connectivity index (χ0) is 7.98. The van der Waals surface area contributed by atoms with Gasteiger partial charge in [0, 0.05) is 0 Å². The zero-order valence-electron chi connectivity index (χ0n) is 7.78. The van der Waals surface area contributed by atoms with Crippen LogP contribution in [0.15, 0.2) is 0 Å². The molecule has 0 unspecified atom stereocenters. The van der Waals surface area contributed by atoms with Crippen LogP contribution in [0.4, 0.5) is 0 Å². The monoisotopic (exact) mass is 143 g/mol. The number of hydrogen-bond donors (Lipinski definition) is 1. The summed E-state index contributed by atoms with van der Waals surface area (Å²) >= 11 is 0. The molecule has 0 radical (unpaired) electrons. The topological polar surface area (TPSA) is 12.0 Å². The van der Waals surface area contributed by atoms with Crippen LogP contribution in [-0.2, 0) is 0 Å². The molecule has 1 heteroatoms. The van der Waals surface area contributed by atoms with Crippen molar-refractivity contribution < 1.29 is 0 Å². The van der Waals surface area contributed by atoms with Gasteiger partial charge in [-0.3, -0.25) is 0 Å². The Balaban J connectivity index is 3.56. The lowest BCUT2D eigenvalue weighted by Crippen LogP contribution is -2.23. The van der Waals surface area contributed by atoms with Gasteiger partial charge in [-0.2, -0.15) is 0 Å². The molecule has 0 aliphatic heterocycles.